The second-order valence-corrected chi connectivity index (χ2v) is 6.82. The van der Waals surface area contributed by atoms with Gasteiger partial charge in [0.1, 0.15) is 0 Å². The van der Waals surface area contributed by atoms with Crippen LogP contribution in [0.25, 0.3) is 0 Å². The van der Waals surface area contributed by atoms with Crippen molar-refractivity contribution in [3.63, 3.8) is 0 Å². The highest BCUT2D eigenvalue weighted by molar-refractivity contribution is 7.89. The van der Waals surface area contributed by atoms with Crippen LogP contribution in [-0.2, 0) is 21.4 Å². The van der Waals surface area contributed by atoms with Crippen molar-refractivity contribution in [1.82, 2.24) is 4.31 Å². The minimum absolute atomic E-state index is 0.149. The fraction of sp³-hybridized carbons (Fsp3) is 0.462. The normalized spacial score (nSPS) is 20.8. The summed E-state index contributed by atoms with van der Waals surface area (Å²) in [6.45, 7) is 0.712. The fourth-order valence-electron chi connectivity index (χ4n) is 2.46. The lowest BCUT2D eigenvalue weighted by Crippen LogP contribution is -2.44. The molecule has 7 heteroatoms. The van der Waals surface area contributed by atoms with Crippen LogP contribution in [0.5, 0.6) is 0 Å². The number of nitrogens with two attached hydrogens (primary N) is 2. The number of amides is 1. The lowest BCUT2D eigenvalue weighted by molar-refractivity contribution is -0.122. The van der Waals surface area contributed by atoms with Gasteiger partial charge in [0.05, 0.1) is 10.8 Å². The lowest BCUT2D eigenvalue weighted by atomic mass is 9.99. The number of hydrogen-bond acceptors (Lipinski definition) is 4. The molecule has 110 valence electrons. The SMILES string of the molecule is NCc1ccccc1S(=O)(=O)N1CCCC(C(N)=O)C1. The molecule has 0 radical (unpaired) electrons. The minimum atomic E-state index is -3.63. The van der Waals surface area contributed by atoms with Gasteiger partial charge in [0.2, 0.25) is 15.9 Å². The number of piperidine rings is 1. The Morgan fingerprint density at radius 3 is 2.70 bits per heavy atom. The molecule has 1 aromatic carbocycles. The summed E-state index contributed by atoms with van der Waals surface area (Å²) in [5, 5.41) is 0. The number of hydrogen-bond donors (Lipinski definition) is 2. The first-order chi connectivity index (χ1) is 9.46. The zero-order valence-electron chi connectivity index (χ0n) is 11.2. The molecular weight excluding hydrogens is 278 g/mol. The molecule has 1 aromatic rings. The zero-order chi connectivity index (χ0) is 14.8. The Bertz CT molecular complexity index is 601. The van der Waals surface area contributed by atoms with Crippen LogP contribution in [0.4, 0.5) is 0 Å². The summed E-state index contributed by atoms with van der Waals surface area (Å²) in [6.07, 6.45) is 1.28. The van der Waals surface area contributed by atoms with Gasteiger partial charge >= 0.3 is 0 Å². The maximum Gasteiger partial charge on any atom is 0.243 e. The van der Waals surface area contributed by atoms with E-state index in [1.54, 1.807) is 24.3 Å². The van der Waals surface area contributed by atoms with Crippen LogP contribution in [0.15, 0.2) is 29.2 Å². The first-order valence-electron chi connectivity index (χ1n) is 6.54. The molecule has 1 aliphatic rings. The maximum absolute atomic E-state index is 12.7. The molecule has 20 heavy (non-hydrogen) atoms. The van der Waals surface area contributed by atoms with Crippen LogP contribution < -0.4 is 11.5 Å². The van der Waals surface area contributed by atoms with Gasteiger partial charge in [-0.05, 0) is 24.5 Å². The first-order valence-corrected chi connectivity index (χ1v) is 7.98. The molecule has 1 aliphatic heterocycles. The van der Waals surface area contributed by atoms with Gasteiger partial charge in [-0.1, -0.05) is 18.2 Å². The number of rotatable bonds is 4. The van der Waals surface area contributed by atoms with E-state index in [4.69, 9.17) is 11.5 Å². The highest BCUT2D eigenvalue weighted by atomic mass is 32.2. The van der Waals surface area contributed by atoms with E-state index < -0.39 is 21.8 Å². The number of carbonyl (C=O) groups excluding carboxylic acids is 1. The molecule has 4 N–H and O–H groups in total. The van der Waals surface area contributed by atoms with Gasteiger partial charge in [-0.3, -0.25) is 4.79 Å². The molecule has 0 aliphatic carbocycles. The Morgan fingerprint density at radius 1 is 1.35 bits per heavy atom. The van der Waals surface area contributed by atoms with Gasteiger partial charge in [-0.15, -0.1) is 0 Å². The molecule has 6 nitrogen and oxygen atoms in total. The second-order valence-electron chi connectivity index (χ2n) is 4.92. The van der Waals surface area contributed by atoms with Gasteiger partial charge < -0.3 is 11.5 Å². The van der Waals surface area contributed by atoms with E-state index in [0.29, 0.717) is 24.9 Å². The highest BCUT2D eigenvalue weighted by Gasteiger charge is 2.33. The molecule has 1 atom stereocenters. The van der Waals surface area contributed by atoms with Crippen LogP contribution in [0.3, 0.4) is 0 Å². The van der Waals surface area contributed by atoms with E-state index in [0.717, 1.165) is 0 Å². The monoisotopic (exact) mass is 297 g/mol. The quantitative estimate of drug-likeness (QED) is 0.817. The van der Waals surface area contributed by atoms with Crippen molar-refractivity contribution in [3.05, 3.63) is 29.8 Å². The van der Waals surface area contributed by atoms with E-state index in [1.807, 2.05) is 0 Å². The van der Waals surface area contributed by atoms with Crippen molar-refractivity contribution in [2.45, 2.75) is 24.3 Å². The predicted octanol–water partition coefficient (Wildman–Crippen LogP) is 0.0313. The lowest BCUT2D eigenvalue weighted by Gasteiger charge is -2.30. The summed E-state index contributed by atoms with van der Waals surface area (Å²) in [5.41, 5.74) is 11.5. The van der Waals surface area contributed by atoms with Gasteiger partial charge in [0, 0.05) is 19.6 Å². The van der Waals surface area contributed by atoms with Crippen molar-refractivity contribution >= 4 is 15.9 Å². The third kappa shape index (κ3) is 2.84. The largest absolute Gasteiger partial charge is 0.369 e. The summed E-state index contributed by atoms with van der Waals surface area (Å²) in [4.78, 5) is 11.5. The van der Waals surface area contributed by atoms with E-state index in [9.17, 15) is 13.2 Å². The number of nitrogens with zero attached hydrogens (tertiary/aromatic N) is 1. The second kappa shape index (κ2) is 5.90. The molecule has 1 fully saturated rings. The van der Waals surface area contributed by atoms with Crippen LogP contribution in [-0.4, -0.2) is 31.7 Å². The smallest absolute Gasteiger partial charge is 0.243 e. The zero-order valence-corrected chi connectivity index (χ0v) is 12.0. The van der Waals surface area contributed by atoms with Crippen molar-refractivity contribution < 1.29 is 13.2 Å². The van der Waals surface area contributed by atoms with Gasteiger partial charge in [0.15, 0.2) is 0 Å². The molecule has 0 aromatic heterocycles. The van der Waals surface area contributed by atoms with E-state index >= 15 is 0 Å². The van der Waals surface area contributed by atoms with E-state index in [2.05, 4.69) is 0 Å². The number of carbonyl (C=O) groups is 1. The number of benzene rings is 1. The van der Waals surface area contributed by atoms with Crippen LogP contribution in [0.2, 0.25) is 0 Å². The van der Waals surface area contributed by atoms with Gasteiger partial charge in [-0.25, -0.2) is 8.42 Å². The van der Waals surface area contributed by atoms with E-state index in [1.165, 1.54) is 4.31 Å². The molecule has 0 saturated carbocycles. The Morgan fingerprint density at radius 2 is 2.05 bits per heavy atom. The summed E-state index contributed by atoms with van der Waals surface area (Å²) >= 11 is 0. The molecular formula is C13H19N3O3S. The molecule has 1 saturated heterocycles. The summed E-state index contributed by atoms with van der Waals surface area (Å²) in [6, 6.07) is 6.67. The Balaban J connectivity index is 2.32. The van der Waals surface area contributed by atoms with Crippen molar-refractivity contribution in [2.75, 3.05) is 13.1 Å². The fourth-order valence-corrected chi connectivity index (χ4v) is 4.21. The summed E-state index contributed by atoms with van der Waals surface area (Å²) in [5.74, 6) is -0.861. The van der Waals surface area contributed by atoms with Gasteiger partial charge in [0.25, 0.3) is 0 Å². The Kier molecular flexibility index (Phi) is 4.42. The number of sulfonamides is 1. The predicted molar refractivity (Wildman–Crippen MR) is 75.0 cm³/mol. The topological polar surface area (TPSA) is 106 Å². The first kappa shape index (κ1) is 15.0. The number of primary amides is 1. The Hall–Kier alpha value is -1.44. The molecule has 1 unspecified atom stereocenters. The third-order valence-electron chi connectivity index (χ3n) is 3.60. The van der Waals surface area contributed by atoms with Crippen molar-refractivity contribution in [1.29, 1.82) is 0 Å². The van der Waals surface area contributed by atoms with Gasteiger partial charge in [-0.2, -0.15) is 4.31 Å². The van der Waals surface area contributed by atoms with Crippen LogP contribution in [0.1, 0.15) is 18.4 Å². The maximum atomic E-state index is 12.7. The standard InChI is InChI=1S/C13H19N3O3S/c14-8-10-4-1-2-6-12(10)20(18,19)16-7-3-5-11(9-16)13(15)17/h1-2,4,6,11H,3,5,7-9,14H2,(H2,15,17). The van der Waals surface area contributed by atoms with Crippen molar-refractivity contribution in [3.8, 4) is 0 Å². The molecule has 2 rings (SSSR count). The van der Waals surface area contributed by atoms with Crippen LogP contribution in [0, 0.1) is 5.92 Å². The molecule has 0 bridgehead atoms. The average molecular weight is 297 g/mol. The summed E-state index contributed by atoms with van der Waals surface area (Å²) in [7, 11) is -3.63. The summed E-state index contributed by atoms with van der Waals surface area (Å²) < 4.78 is 26.6. The average Bonchev–Trinajstić information content (AvgIpc) is 2.47. The van der Waals surface area contributed by atoms with Crippen molar-refractivity contribution in [2.24, 2.45) is 17.4 Å². The Labute approximate surface area is 118 Å². The van der Waals surface area contributed by atoms with Crippen LogP contribution >= 0.6 is 0 Å². The van der Waals surface area contributed by atoms with E-state index in [-0.39, 0.29) is 18.0 Å². The third-order valence-corrected chi connectivity index (χ3v) is 5.56. The minimum Gasteiger partial charge on any atom is -0.369 e. The molecule has 1 heterocycles. The molecule has 0 spiro atoms. The highest BCUT2D eigenvalue weighted by Crippen LogP contribution is 2.25. The molecule has 1 amide bonds.